The molecule has 0 unspecified atom stereocenters. The summed E-state index contributed by atoms with van der Waals surface area (Å²) >= 11 is 1.30. The molecule has 1 aromatic heterocycles. The molecule has 140 valence electrons. The summed E-state index contributed by atoms with van der Waals surface area (Å²) in [4.78, 5) is 24.5. The molecule has 26 heavy (non-hydrogen) atoms. The molecule has 0 saturated carbocycles. The van der Waals surface area contributed by atoms with Gasteiger partial charge in [-0.2, -0.15) is 0 Å². The van der Waals surface area contributed by atoms with E-state index in [4.69, 9.17) is 0 Å². The molecule has 3 amide bonds. The molecule has 0 radical (unpaired) electrons. The Morgan fingerprint density at radius 3 is 2.54 bits per heavy atom. The van der Waals surface area contributed by atoms with Crippen LogP contribution in [0.5, 0.6) is 0 Å². The predicted molar refractivity (Wildman–Crippen MR) is 104 cm³/mol. The van der Waals surface area contributed by atoms with Gasteiger partial charge in [0, 0.05) is 12.1 Å². The molecule has 8 heteroatoms. The van der Waals surface area contributed by atoms with Gasteiger partial charge in [-0.25, -0.2) is 4.79 Å². The lowest BCUT2D eigenvalue weighted by atomic mass is 10.0. The summed E-state index contributed by atoms with van der Waals surface area (Å²) in [6.45, 7) is 6.40. The van der Waals surface area contributed by atoms with E-state index in [0.717, 1.165) is 23.4 Å². The number of benzene rings is 1. The first-order valence-electron chi connectivity index (χ1n) is 8.75. The molecule has 3 N–H and O–H groups in total. The van der Waals surface area contributed by atoms with Crippen molar-refractivity contribution < 1.29 is 9.59 Å². The highest BCUT2D eigenvalue weighted by Gasteiger charge is 2.25. The van der Waals surface area contributed by atoms with Gasteiger partial charge in [-0.1, -0.05) is 68.9 Å². The summed E-state index contributed by atoms with van der Waals surface area (Å²) in [6.07, 6.45) is 1.90. The van der Waals surface area contributed by atoms with Gasteiger partial charge in [0.15, 0.2) is 0 Å². The Kier molecular flexibility index (Phi) is 7.53. The van der Waals surface area contributed by atoms with Gasteiger partial charge in [0.05, 0.1) is 0 Å². The molecule has 2 rings (SSSR count). The number of amides is 3. The Labute approximate surface area is 157 Å². The Morgan fingerprint density at radius 2 is 1.88 bits per heavy atom. The Hall–Kier alpha value is -2.48. The highest BCUT2D eigenvalue weighted by Crippen LogP contribution is 2.26. The first kappa shape index (κ1) is 19.8. The highest BCUT2D eigenvalue weighted by atomic mass is 32.1. The number of anilines is 1. The van der Waals surface area contributed by atoms with Crippen molar-refractivity contribution in [1.82, 2.24) is 20.8 Å². The summed E-state index contributed by atoms with van der Waals surface area (Å²) in [5.41, 5.74) is 0.944. The summed E-state index contributed by atoms with van der Waals surface area (Å²) in [5, 5.41) is 17.5. The number of rotatable bonds is 8. The van der Waals surface area contributed by atoms with E-state index >= 15 is 0 Å². The van der Waals surface area contributed by atoms with Gasteiger partial charge in [0.2, 0.25) is 11.0 Å². The van der Waals surface area contributed by atoms with E-state index in [0.29, 0.717) is 11.7 Å². The smallest absolute Gasteiger partial charge is 0.315 e. The molecule has 0 aliphatic rings. The van der Waals surface area contributed by atoms with Gasteiger partial charge >= 0.3 is 6.03 Å². The molecular weight excluding hydrogens is 350 g/mol. The summed E-state index contributed by atoms with van der Waals surface area (Å²) in [5.74, 6) is -0.366. The minimum Gasteiger partial charge on any atom is -0.338 e. The molecule has 0 saturated heterocycles. The lowest BCUT2D eigenvalue weighted by Crippen LogP contribution is -2.50. The molecule has 0 bridgehead atoms. The lowest BCUT2D eigenvalue weighted by Gasteiger charge is -2.21. The number of nitrogens with one attached hydrogen (secondary N) is 3. The molecule has 0 aliphatic heterocycles. The standard InChI is InChI=1S/C18H25N5O2S/c1-4-5-11-19-17(25)20-14(12(2)3)15(24)21-18-23-22-16(26-18)13-9-7-6-8-10-13/h6-10,12,14H,4-5,11H2,1-3H3,(H2,19,20,25)(H,21,23,24)/t14-/m1/s1. The molecule has 7 nitrogen and oxygen atoms in total. The number of hydrogen-bond acceptors (Lipinski definition) is 5. The van der Waals surface area contributed by atoms with Gasteiger partial charge in [0.1, 0.15) is 11.0 Å². The molecule has 1 heterocycles. The van der Waals surface area contributed by atoms with Crippen LogP contribution in [0.4, 0.5) is 9.93 Å². The quantitative estimate of drug-likeness (QED) is 0.617. The summed E-state index contributed by atoms with van der Waals surface area (Å²) in [7, 11) is 0. The Bertz CT molecular complexity index is 717. The van der Waals surface area contributed by atoms with Crippen molar-refractivity contribution in [2.45, 2.75) is 39.7 Å². The van der Waals surface area contributed by atoms with Crippen LogP contribution in [0.3, 0.4) is 0 Å². The van der Waals surface area contributed by atoms with E-state index in [9.17, 15) is 9.59 Å². The van der Waals surface area contributed by atoms with Crippen LogP contribution in [-0.2, 0) is 4.79 Å². The van der Waals surface area contributed by atoms with Crippen LogP contribution in [0, 0.1) is 5.92 Å². The normalized spacial score (nSPS) is 11.8. The fourth-order valence-electron chi connectivity index (χ4n) is 2.26. The average Bonchev–Trinajstić information content (AvgIpc) is 3.09. The molecule has 1 aromatic carbocycles. The molecule has 1 atom stereocenters. The van der Waals surface area contributed by atoms with Crippen LogP contribution in [0.1, 0.15) is 33.6 Å². The fraction of sp³-hybridized carbons (Fsp3) is 0.444. The van der Waals surface area contributed by atoms with Crippen molar-refractivity contribution in [3.8, 4) is 10.6 Å². The number of nitrogens with zero attached hydrogens (tertiary/aromatic N) is 2. The van der Waals surface area contributed by atoms with E-state index in [1.807, 2.05) is 44.2 Å². The lowest BCUT2D eigenvalue weighted by molar-refractivity contribution is -0.118. The molecule has 2 aromatic rings. The van der Waals surface area contributed by atoms with Crippen molar-refractivity contribution in [3.05, 3.63) is 30.3 Å². The molecular formula is C18H25N5O2S. The van der Waals surface area contributed by atoms with E-state index in [1.165, 1.54) is 11.3 Å². The maximum atomic E-state index is 12.6. The van der Waals surface area contributed by atoms with Crippen molar-refractivity contribution >= 4 is 28.4 Å². The van der Waals surface area contributed by atoms with Crippen LogP contribution >= 0.6 is 11.3 Å². The second kappa shape index (κ2) is 9.86. The number of urea groups is 1. The minimum atomic E-state index is -0.652. The summed E-state index contributed by atoms with van der Waals surface area (Å²) < 4.78 is 0. The first-order valence-corrected chi connectivity index (χ1v) is 9.57. The van der Waals surface area contributed by atoms with Crippen LogP contribution in [0.25, 0.3) is 10.6 Å². The number of hydrogen-bond donors (Lipinski definition) is 3. The number of unbranched alkanes of at least 4 members (excludes halogenated alkanes) is 1. The van der Waals surface area contributed by atoms with Crippen molar-refractivity contribution in [2.75, 3.05) is 11.9 Å². The second-order valence-electron chi connectivity index (χ2n) is 6.24. The van der Waals surface area contributed by atoms with E-state index in [-0.39, 0.29) is 17.9 Å². The maximum absolute atomic E-state index is 12.6. The molecule has 0 fully saturated rings. The minimum absolute atomic E-state index is 0.0616. The van der Waals surface area contributed by atoms with Crippen molar-refractivity contribution in [3.63, 3.8) is 0 Å². The topological polar surface area (TPSA) is 96.0 Å². The molecule has 0 spiro atoms. The zero-order valence-electron chi connectivity index (χ0n) is 15.3. The van der Waals surface area contributed by atoms with Crippen LogP contribution in [-0.4, -0.2) is 34.7 Å². The maximum Gasteiger partial charge on any atom is 0.315 e. The number of carbonyl (C=O) groups is 2. The largest absolute Gasteiger partial charge is 0.338 e. The van der Waals surface area contributed by atoms with Crippen LogP contribution < -0.4 is 16.0 Å². The zero-order chi connectivity index (χ0) is 18.9. The Balaban J connectivity index is 1.97. The molecule has 0 aliphatic carbocycles. The predicted octanol–water partition coefficient (Wildman–Crippen LogP) is 3.27. The highest BCUT2D eigenvalue weighted by molar-refractivity contribution is 7.18. The third kappa shape index (κ3) is 5.80. The number of aromatic nitrogens is 2. The van der Waals surface area contributed by atoms with E-state index < -0.39 is 6.04 Å². The SMILES string of the molecule is CCCCNC(=O)N[C@@H](C(=O)Nc1nnc(-c2ccccc2)s1)C(C)C. The third-order valence-electron chi connectivity index (χ3n) is 3.73. The van der Waals surface area contributed by atoms with Gasteiger partial charge in [0.25, 0.3) is 0 Å². The average molecular weight is 375 g/mol. The van der Waals surface area contributed by atoms with Gasteiger partial charge in [-0.05, 0) is 12.3 Å². The number of carbonyl (C=O) groups excluding carboxylic acids is 2. The summed E-state index contributed by atoms with van der Waals surface area (Å²) in [6, 6.07) is 8.65. The van der Waals surface area contributed by atoms with Crippen LogP contribution in [0.2, 0.25) is 0 Å². The third-order valence-corrected chi connectivity index (χ3v) is 4.62. The fourth-order valence-corrected chi connectivity index (χ4v) is 3.01. The van der Waals surface area contributed by atoms with E-state index in [2.05, 4.69) is 33.1 Å². The second-order valence-corrected chi connectivity index (χ2v) is 7.22. The Morgan fingerprint density at radius 1 is 1.15 bits per heavy atom. The van der Waals surface area contributed by atoms with E-state index in [1.54, 1.807) is 0 Å². The van der Waals surface area contributed by atoms with Gasteiger partial charge in [-0.15, -0.1) is 10.2 Å². The first-order chi connectivity index (χ1) is 12.5. The monoisotopic (exact) mass is 375 g/mol. The van der Waals surface area contributed by atoms with Gasteiger partial charge in [-0.3, -0.25) is 10.1 Å². The van der Waals surface area contributed by atoms with Gasteiger partial charge < -0.3 is 10.6 Å². The van der Waals surface area contributed by atoms with Crippen molar-refractivity contribution in [1.29, 1.82) is 0 Å². The van der Waals surface area contributed by atoms with Crippen molar-refractivity contribution in [2.24, 2.45) is 5.92 Å². The van der Waals surface area contributed by atoms with Crippen LogP contribution in [0.15, 0.2) is 30.3 Å². The zero-order valence-corrected chi connectivity index (χ0v) is 16.1.